The number of Topliss-reactive ketones (excluding diaryl/α,β-unsaturated/α-hetero) is 2. The third kappa shape index (κ3) is 2.89. The molecule has 2 aromatic carbocycles. The number of hydrogen-bond acceptors (Lipinski definition) is 4. The summed E-state index contributed by atoms with van der Waals surface area (Å²) >= 11 is 0. The van der Waals surface area contributed by atoms with E-state index in [1.807, 2.05) is 36.4 Å². The number of carbonyl (C=O) groups excluding carboxylic acids is 3. The zero-order valence-electron chi connectivity index (χ0n) is 15.5. The minimum atomic E-state index is -1.04. The van der Waals surface area contributed by atoms with Crippen LogP contribution >= 0.6 is 0 Å². The van der Waals surface area contributed by atoms with Gasteiger partial charge < -0.3 is 14.7 Å². The SMILES string of the molecule is Cc1[nH]c2ccccc2c1C(=O)COC(=O)C(=O)c1c(C)[nH]c2ccccc12. The summed E-state index contributed by atoms with van der Waals surface area (Å²) in [6.07, 6.45) is 0. The summed E-state index contributed by atoms with van der Waals surface area (Å²) in [7, 11) is 0. The number of ether oxygens (including phenoxy) is 1. The minimum absolute atomic E-state index is 0.274. The Kier molecular flexibility index (Phi) is 4.31. The molecule has 2 N–H and O–H groups in total. The molecule has 0 saturated heterocycles. The number of benzene rings is 2. The summed E-state index contributed by atoms with van der Waals surface area (Å²) in [6.45, 7) is 3.02. The average molecular weight is 374 g/mol. The van der Waals surface area contributed by atoms with Gasteiger partial charge in [-0.15, -0.1) is 0 Å². The number of aromatic amines is 2. The van der Waals surface area contributed by atoms with Crippen LogP contribution in [0.3, 0.4) is 0 Å². The summed E-state index contributed by atoms with van der Waals surface area (Å²) in [5.74, 6) is -2.16. The van der Waals surface area contributed by atoms with Crippen LogP contribution in [-0.4, -0.2) is 34.1 Å². The van der Waals surface area contributed by atoms with Crippen molar-refractivity contribution in [1.29, 1.82) is 0 Å². The number of rotatable bonds is 5. The molecule has 4 aromatic rings. The second kappa shape index (κ2) is 6.81. The first-order valence-electron chi connectivity index (χ1n) is 8.86. The molecule has 6 heteroatoms. The summed E-state index contributed by atoms with van der Waals surface area (Å²) in [6, 6.07) is 14.6. The fraction of sp³-hybridized carbons (Fsp3) is 0.136. The van der Waals surface area contributed by atoms with E-state index in [0.717, 1.165) is 16.4 Å². The molecule has 4 rings (SSSR count). The molecule has 0 aliphatic rings. The maximum absolute atomic E-state index is 12.6. The molecule has 0 fully saturated rings. The lowest BCUT2D eigenvalue weighted by Gasteiger charge is -2.05. The number of esters is 1. The third-order valence-electron chi connectivity index (χ3n) is 4.81. The number of nitrogens with one attached hydrogen (secondary N) is 2. The maximum atomic E-state index is 12.6. The molecule has 0 atom stereocenters. The molecule has 0 radical (unpaired) electrons. The van der Waals surface area contributed by atoms with Crippen LogP contribution < -0.4 is 0 Å². The first-order valence-corrected chi connectivity index (χ1v) is 8.86. The van der Waals surface area contributed by atoms with Crippen molar-refractivity contribution in [1.82, 2.24) is 9.97 Å². The second-order valence-corrected chi connectivity index (χ2v) is 6.67. The lowest BCUT2D eigenvalue weighted by Crippen LogP contribution is -2.22. The van der Waals surface area contributed by atoms with E-state index < -0.39 is 18.4 Å². The summed E-state index contributed by atoms with van der Waals surface area (Å²) < 4.78 is 5.06. The van der Waals surface area contributed by atoms with Crippen LogP contribution in [0.5, 0.6) is 0 Å². The summed E-state index contributed by atoms with van der Waals surface area (Å²) in [5, 5.41) is 1.42. The highest BCUT2D eigenvalue weighted by Crippen LogP contribution is 2.24. The van der Waals surface area contributed by atoms with Gasteiger partial charge in [-0.2, -0.15) is 0 Å². The Morgan fingerprint density at radius 2 is 1.29 bits per heavy atom. The number of aromatic nitrogens is 2. The van der Waals surface area contributed by atoms with Crippen molar-refractivity contribution in [3.63, 3.8) is 0 Å². The lowest BCUT2D eigenvalue weighted by molar-refractivity contribution is -0.137. The fourth-order valence-electron chi connectivity index (χ4n) is 3.58. The van der Waals surface area contributed by atoms with Crippen LogP contribution in [0, 0.1) is 13.8 Å². The largest absolute Gasteiger partial charge is 0.451 e. The predicted octanol–water partition coefficient (Wildman–Crippen LogP) is 3.87. The topological polar surface area (TPSA) is 92.0 Å². The normalized spacial score (nSPS) is 11.1. The Morgan fingerprint density at radius 1 is 0.786 bits per heavy atom. The van der Waals surface area contributed by atoms with Gasteiger partial charge in [-0.3, -0.25) is 9.59 Å². The van der Waals surface area contributed by atoms with E-state index in [-0.39, 0.29) is 11.3 Å². The number of carbonyl (C=O) groups is 3. The molecule has 0 aliphatic carbocycles. The van der Waals surface area contributed by atoms with Crippen LogP contribution in [0.4, 0.5) is 0 Å². The molecule has 0 spiro atoms. The first kappa shape index (κ1) is 17.7. The number of hydrogen-bond donors (Lipinski definition) is 2. The Balaban J connectivity index is 1.54. The molecule has 0 unspecified atom stereocenters. The van der Waals surface area contributed by atoms with Crippen LogP contribution in [0.25, 0.3) is 21.8 Å². The van der Waals surface area contributed by atoms with Crippen molar-refractivity contribution >= 4 is 39.3 Å². The van der Waals surface area contributed by atoms with Crippen LogP contribution in [0.1, 0.15) is 32.1 Å². The molecule has 0 saturated carbocycles. The maximum Gasteiger partial charge on any atom is 0.380 e. The van der Waals surface area contributed by atoms with Gasteiger partial charge in [0.25, 0.3) is 5.78 Å². The van der Waals surface area contributed by atoms with E-state index in [1.165, 1.54) is 0 Å². The number of ketones is 2. The molecular weight excluding hydrogens is 356 g/mol. The third-order valence-corrected chi connectivity index (χ3v) is 4.81. The van der Waals surface area contributed by atoms with E-state index in [1.54, 1.807) is 26.0 Å². The Bertz CT molecular complexity index is 1250. The van der Waals surface area contributed by atoms with Crippen molar-refractivity contribution in [2.75, 3.05) is 6.61 Å². The Labute approximate surface area is 160 Å². The van der Waals surface area contributed by atoms with Gasteiger partial charge in [-0.25, -0.2) is 4.79 Å². The number of aryl methyl sites for hydroxylation is 2. The molecular formula is C22H18N2O4. The van der Waals surface area contributed by atoms with E-state index >= 15 is 0 Å². The van der Waals surface area contributed by atoms with Gasteiger partial charge in [0.15, 0.2) is 6.61 Å². The molecule has 140 valence electrons. The molecule has 28 heavy (non-hydrogen) atoms. The molecule has 0 aliphatic heterocycles. The highest BCUT2D eigenvalue weighted by molar-refractivity contribution is 6.43. The van der Waals surface area contributed by atoms with Gasteiger partial charge >= 0.3 is 5.97 Å². The van der Waals surface area contributed by atoms with Gasteiger partial charge in [0.2, 0.25) is 5.78 Å². The van der Waals surface area contributed by atoms with Gasteiger partial charge in [-0.05, 0) is 26.0 Å². The number of fused-ring (bicyclic) bond motifs is 2. The van der Waals surface area contributed by atoms with Crippen LogP contribution in [0.2, 0.25) is 0 Å². The highest BCUT2D eigenvalue weighted by atomic mass is 16.5. The van der Waals surface area contributed by atoms with Crippen LogP contribution in [-0.2, 0) is 9.53 Å². The van der Waals surface area contributed by atoms with Gasteiger partial charge in [0.1, 0.15) is 0 Å². The molecule has 2 aromatic heterocycles. The first-order chi connectivity index (χ1) is 13.5. The molecule has 6 nitrogen and oxygen atoms in total. The van der Waals surface area contributed by atoms with Crippen molar-refractivity contribution in [3.8, 4) is 0 Å². The monoisotopic (exact) mass is 374 g/mol. The van der Waals surface area contributed by atoms with E-state index in [9.17, 15) is 14.4 Å². The van der Waals surface area contributed by atoms with E-state index in [2.05, 4.69) is 9.97 Å². The summed E-state index contributed by atoms with van der Waals surface area (Å²) in [4.78, 5) is 43.8. The predicted molar refractivity (Wildman–Crippen MR) is 106 cm³/mol. The summed E-state index contributed by atoms with van der Waals surface area (Å²) in [5.41, 5.74) is 3.63. The van der Waals surface area contributed by atoms with Crippen molar-refractivity contribution in [2.24, 2.45) is 0 Å². The van der Waals surface area contributed by atoms with Crippen molar-refractivity contribution < 1.29 is 19.1 Å². The molecule has 0 amide bonds. The lowest BCUT2D eigenvalue weighted by atomic mass is 10.1. The Morgan fingerprint density at radius 3 is 1.89 bits per heavy atom. The Hall–Kier alpha value is -3.67. The zero-order chi connectivity index (χ0) is 19.8. The van der Waals surface area contributed by atoms with E-state index in [4.69, 9.17) is 4.74 Å². The number of H-pyrrole nitrogens is 2. The van der Waals surface area contributed by atoms with Crippen molar-refractivity contribution in [2.45, 2.75) is 13.8 Å². The standard InChI is InChI=1S/C22H18N2O4/c1-12-19(14-7-3-5-9-16(14)23-12)18(25)11-28-22(27)21(26)20-13(2)24-17-10-6-4-8-15(17)20/h3-10,23-24H,11H2,1-2H3. The van der Waals surface area contributed by atoms with Crippen molar-refractivity contribution in [3.05, 3.63) is 71.0 Å². The van der Waals surface area contributed by atoms with E-state index in [0.29, 0.717) is 22.3 Å². The zero-order valence-corrected chi connectivity index (χ0v) is 15.5. The average Bonchev–Trinajstić information content (AvgIpc) is 3.20. The van der Waals surface area contributed by atoms with Gasteiger partial charge in [-0.1, -0.05) is 36.4 Å². The fourth-order valence-corrected chi connectivity index (χ4v) is 3.58. The van der Waals surface area contributed by atoms with Crippen LogP contribution in [0.15, 0.2) is 48.5 Å². The molecule has 2 heterocycles. The quantitative estimate of drug-likeness (QED) is 0.315. The second-order valence-electron chi connectivity index (χ2n) is 6.67. The highest BCUT2D eigenvalue weighted by Gasteiger charge is 2.25. The molecule has 0 bridgehead atoms. The number of para-hydroxylation sites is 2. The minimum Gasteiger partial charge on any atom is -0.451 e. The van der Waals surface area contributed by atoms with Gasteiger partial charge in [0.05, 0.1) is 5.56 Å². The van der Waals surface area contributed by atoms with Gasteiger partial charge in [0, 0.05) is 38.8 Å². The smallest absolute Gasteiger partial charge is 0.380 e.